The summed E-state index contributed by atoms with van der Waals surface area (Å²) in [5, 5.41) is 4.88. The van der Waals surface area contributed by atoms with E-state index >= 15 is 0 Å². The second-order valence-corrected chi connectivity index (χ2v) is 7.06. The highest BCUT2D eigenvalue weighted by Crippen LogP contribution is 2.32. The molecule has 0 N–H and O–H groups in total. The Morgan fingerprint density at radius 1 is 1.12 bits per heavy atom. The van der Waals surface area contributed by atoms with Gasteiger partial charge in [-0.1, -0.05) is 28.4 Å². The van der Waals surface area contributed by atoms with Crippen molar-refractivity contribution in [2.24, 2.45) is 4.99 Å². The van der Waals surface area contributed by atoms with Crippen molar-refractivity contribution in [3.63, 3.8) is 0 Å². The zero-order chi connectivity index (χ0) is 18.4. The van der Waals surface area contributed by atoms with Crippen LogP contribution in [-0.2, 0) is 11.2 Å². The molecule has 2 aromatic rings. The third-order valence-electron chi connectivity index (χ3n) is 4.04. The lowest BCUT2D eigenvalue weighted by atomic mass is 10.1. The van der Waals surface area contributed by atoms with Gasteiger partial charge >= 0.3 is 0 Å². The number of unbranched alkanes of at least 4 members (excludes halogenated alkanes) is 2. The maximum atomic E-state index is 6.36. The number of benzene rings is 1. The second kappa shape index (κ2) is 9.28. The number of nitrogens with zero attached hydrogens (tertiary/aromatic N) is 2. The highest BCUT2D eigenvalue weighted by molar-refractivity contribution is 6.39. The van der Waals surface area contributed by atoms with Gasteiger partial charge in [0.15, 0.2) is 0 Å². The highest BCUT2D eigenvalue weighted by atomic mass is 35.5. The zero-order valence-corrected chi connectivity index (χ0v) is 16.3. The van der Waals surface area contributed by atoms with E-state index in [-0.39, 0.29) is 0 Å². The molecule has 140 valence electrons. The Kier molecular flexibility index (Phi) is 6.80. The lowest BCUT2D eigenvalue weighted by molar-refractivity contribution is 0.284. The van der Waals surface area contributed by atoms with E-state index in [1.807, 2.05) is 13.0 Å². The molecule has 0 atom stereocenters. The smallest absolute Gasteiger partial charge is 0.219 e. The summed E-state index contributed by atoms with van der Waals surface area (Å²) in [7, 11) is 0. The first-order valence-electron chi connectivity index (χ1n) is 8.85. The Morgan fingerprint density at radius 3 is 2.58 bits per heavy atom. The minimum atomic E-state index is 0.494. The number of rotatable bonds is 8. The number of hydrogen-bond acceptors (Lipinski definition) is 5. The van der Waals surface area contributed by atoms with Crippen LogP contribution in [0.5, 0.6) is 5.75 Å². The van der Waals surface area contributed by atoms with E-state index < -0.39 is 0 Å². The van der Waals surface area contributed by atoms with Crippen LogP contribution in [0, 0.1) is 6.92 Å². The van der Waals surface area contributed by atoms with Crippen molar-refractivity contribution >= 4 is 29.1 Å². The van der Waals surface area contributed by atoms with Crippen molar-refractivity contribution < 1.29 is 14.0 Å². The first-order valence-corrected chi connectivity index (χ1v) is 9.61. The first kappa shape index (κ1) is 19.1. The van der Waals surface area contributed by atoms with Crippen LogP contribution in [0.1, 0.15) is 42.7 Å². The molecule has 0 bridgehead atoms. The van der Waals surface area contributed by atoms with Crippen molar-refractivity contribution in [3.8, 4) is 5.75 Å². The molecule has 0 spiro atoms. The molecule has 0 aliphatic carbocycles. The molecule has 2 heterocycles. The van der Waals surface area contributed by atoms with Gasteiger partial charge in [0.2, 0.25) is 5.90 Å². The van der Waals surface area contributed by atoms with Crippen molar-refractivity contribution in [1.29, 1.82) is 0 Å². The summed E-state index contributed by atoms with van der Waals surface area (Å²) in [6.45, 7) is 3.90. The third kappa shape index (κ3) is 5.15. The Bertz CT molecular complexity index is 751. The molecule has 7 heteroatoms. The lowest BCUT2D eigenvalue weighted by Crippen LogP contribution is -2.15. The molecule has 1 aliphatic heterocycles. The van der Waals surface area contributed by atoms with E-state index in [9.17, 15) is 0 Å². The number of aromatic nitrogens is 1. The van der Waals surface area contributed by atoms with Crippen molar-refractivity contribution in [2.45, 2.75) is 39.0 Å². The molecule has 1 aromatic carbocycles. The minimum Gasteiger partial charge on any atom is -0.493 e. The predicted molar refractivity (Wildman–Crippen MR) is 103 cm³/mol. The molecule has 5 nitrogen and oxygen atoms in total. The molecule has 1 aliphatic rings. The fraction of sp³-hybridized carbons (Fsp3) is 0.474. The predicted octanol–water partition coefficient (Wildman–Crippen LogP) is 5.25. The average molecular weight is 397 g/mol. The summed E-state index contributed by atoms with van der Waals surface area (Å²) in [5.74, 6) is 2.11. The van der Waals surface area contributed by atoms with Crippen molar-refractivity contribution in [2.75, 3.05) is 19.8 Å². The van der Waals surface area contributed by atoms with Gasteiger partial charge in [-0.3, -0.25) is 4.99 Å². The summed E-state index contributed by atoms with van der Waals surface area (Å²) in [6.07, 6.45) is 4.84. The Morgan fingerprint density at radius 2 is 1.92 bits per heavy atom. The van der Waals surface area contributed by atoms with Crippen LogP contribution in [0.3, 0.4) is 0 Å². The first-order chi connectivity index (χ1) is 12.6. The Balaban J connectivity index is 1.45. The average Bonchev–Trinajstić information content (AvgIpc) is 3.03. The molecule has 0 fully saturated rings. The topological polar surface area (TPSA) is 56.9 Å². The van der Waals surface area contributed by atoms with E-state index in [1.54, 1.807) is 12.1 Å². The molecular formula is C19H22Cl2N2O3. The molecule has 0 amide bonds. The SMILES string of the molecule is Cc1cc(CCCCCOc2cc(Cl)c(C3=NCCCO3)c(Cl)c2)on1. The van der Waals surface area contributed by atoms with Gasteiger partial charge in [-0.25, -0.2) is 0 Å². The lowest BCUT2D eigenvalue weighted by Gasteiger charge is -2.17. The van der Waals surface area contributed by atoms with Gasteiger partial charge < -0.3 is 14.0 Å². The van der Waals surface area contributed by atoms with Gasteiger partial charge in [-0.2, -0.15) is 0 Å². The van der Waals surface area contributed by atoms with Crippen LogP contribution in [0.25, 0.3) is 0 Å². The largest absolute Gasteiger partial charge is 0.493 e. The van der Waals surface area contributed by atoms with Crippen LogP contribution in [-0.4, -0.2) is 30.8 Å². The molecule has 1 aromatic heterocycles. The van der Waals surface area contributed by atoms with Gasteiger partial charge in [0, 0.05) is 25.5 Å². The molecule has 0 unspecified atom stereocenters. The standard InChI is InChI=1S/C19H22Cl2N2O3/c1-13-10-14(26-23-13)6-3-2-4-8-24-15-11-16(20)18(17(21)12-15)19-22-7-5-9-25-19/h10-12H,2-9H2,1H3. The van der Waals surface area contributed by atoms with Gasteiger partial charge in [-0.05, 0) is 38.3 Å². The molecular weight excluding hydrogens is 375 g/mol. The van der Waals surface area contributed by atoms with Crippen molar-refractivity contribution in [1.82, 2.24) is 5.16 Å². The summed E-state index contributed by atoms with van der Waals surface area (Å²) in [5.41, 5.74) is 1.56. The van der Waals surface area contributed by atoms with Crippen LogP contribution in [0.15, 0.2) is 27.7 Å². The van der Waals surface area contributed by atoms with Gasteiger partial charge in [0.25, 0.3) is 0 Å². The maximum Gasteiger partial charge on any atom is 0.219 e. The fourth-order valence-electron chi connectivity index (χ4n) is 2.75. The van der Waals surface area contributed by atoms with E-state index in [0.29, 0.717) is 40.5 Å². The zero-order valence-electron chi connectivity index (χ0n) is 14.8. The second-order valence-electron chi connectivity index (χ2n) is 6.24. The summed E-state index contributed by atoms with van der Waals surface area (Å²) in [4.78, 5) is 4.35. The number of ether oxygens (including phenoxy) is 2. The molecule has 0 saturated carbocycles. The van der Waals surface area contributed by atoms with Crippen LogP contribution in [0.4, 0.5) is 0 Å². The number of aliphatic imine (C=N–C) groups is 1. The molecule has 0 radical (unpaired) electrons. The van der Waals surface area contributed by atoms with E-state index in [2.05, 4.69) is 10.1 Å². The Labute approximate surface area is 163 Å². The van der Waals surface area contributed by atoms with E-state index in [0.717, 1.165) is 50.1 Å². The molecule has 26 heavy (non-hydrogen) atoms. The highest BCUT2D eigenvalue weighted by Gasteiger charge is 2.18. The number of halogens is 2. The minimum absolute atomic E-state index is 0.494. The number of hydrogen-bond donors (Lipinski definition) is 0. The molecule has 3 rings (SSSR count). The number of aryl methyl sites for hydroxylation is 2. The maximum absolute atomic E-state index is 6.36. The third-order valence-corrected chi connectivity index (χ3v) is 4.64. The van der Waals surface area contributed by atoms with Crippen LogP contribution < -0.4 is 4.74 Å². The molecule has 0 saturated heterocycles. The van der Waals surface area contributed by atoms with Gasteiger partial charge in [-0.15, -0.1) is 0 Å². The van der Waals surface area contributed by atoms with E-state index in [1.165, 1.54) is 0 Å². The summed E-state index contributed by atoms with van der Waals surface area (Å²) < 4.78 is 16.5. The van der Waals surface area contributed by atoms with Gasteiger partial charge in [0.05, 0.1) is 34.5 Å². The monoisotopic (exact) mass is 396 g/mol. The van der Waals surface area contributed by atoms with Crippen LogP contribution in [0.2, 0.25) is 10.0 Å². The van der Waals surface area contributed by atoms with Crippen LogP contribution >= 0.6 is 23.2 Å². The summed E-state index contributed by atoms with van der Waals surface area (Å²) in [6, 6.07) is 5.50. The summed E-state index contributed by atoms with van der Waals surface area (Å²) >= 11 is 12.7. The fourth-order valence-corrected chi connectivity index (χ4v) is 3.38. The quantitative estimate of drug-likeness (QED) is 0.571. The van der Waals surface area contributed by atoms with E-state index in [4.69, 9.17) is 37.2 Å². The van der Waals surface area contributed by atoms with Gasteiger partial charge in [0.1, 0.15) is 11.5 Å². The van der Waals surface area contributed by atoms with Crippen molar-refractivity contribution in [3.05, 3.63) is 45.3 Å². The normalized spacial score (nSPS) is 14.0. The Hall–Kier alpha value is -1.72.